The molecule has 0 radical (unpaired) electrons. The van der Waals surface area contributed by atoms with Gasteiger partial charge in [0, 0.05) is 12.1 Å². The molecule has 0 bridgehead atoms. The summed E-state index contributed by atoms with van der Waals surface area (Å²) in [5, 5.41) is 13.0. The van der Waals surface area contributed by atoms with Crippen LogP contribution < -0.4 is 5.32 Å². The standard InChI is InChI=1S/C16H32N2O2/c1-5-6-9-12-18(16(2,3)4)15(20)17-13-10-7-8-11-14(13)19/h13-14,19H,5-12H2,1-4H3,(H,17,20)/t13-,14-/m0/s1. The monoisotopic (exact) mass is 284 g/mol. The zero-order chi connectivity index (χ0) is 15.2. The minimum Gasteiger partial charge on any atom is -0.391 e. The number of amides is 2. The van der Waals surface area contributed by atoms with Crippen LogP contribution in [0.25, 0.3) is 0 Å². The van der Waals surface area contributed by atoms with E-state index >= 15 is 0 Å². The SMILES string of the molecule is CCCCCN(C(=O)N[C@H]1CCCC[C@@H]1O)C(C)(C)C. The lowest BCUT2D eigenvalue weighted by Gasteiger charge is -2.38. The summed E-state index contributed by atoms with van der Waals surface area (Å²) in [6.07, 6.45) is 6.79. The molecular formula is C16H32N2O2. The summed E-state index contributed by atoms with van der Waals surface area (Å²) in [5.41, 5.74) is -0.183. The topological polar surface area (TPSA) is 52.6 Å². The quantitative estimate of drug-likeness (QED) is 0.761. The number of unbranched alkanes of at least 4 members (excludes halogenated alkanes) is 2. The van der Waals surface area contributed by atoms with Gasteiger partial charge >= 0.3 is 6.03 Å². The lowest BCUT2D eigenvalue weighted by molar-refractivity contribution is 0.0825. The molecular weight excluding hydrogens is 252 g/mol. The highest BCUT2D eigenvalue weighted by atomic mass is 16.3. The Morgan fingerprint density at radius 3 is 2.45 bits per heavy atom. The van der Waals surface area contributed by atoms with E-state index in [1.165, 1.54) is 0 Å². The molecule has 0 saturated heterocycles. The van der Waals surface area contributed by atoms with E-state index in [0.717, 1.165) is 51.5 Å². The van der Waals surface area contributed by atoms with Crippen molar-refractivity contribution in [2.24, 2.45) is 0 Å². The van der Waals surface area contributed by atoms with Gasteiger partial charge in [0.15, 0.2) is 0 Å². The minimum absolute atomic E-state index is 0.0282. The van der Waals surface area contributed by atoms with Crippen molar-refractivity contribution in [3.8, 4) is 0 Å². The van der Waals surface area contributed by atoms with Crippen molar-refractivity contribution >= 4 is 6.03 Å². The van der Waals surface area contributed by atoms with E-state index in [1.54, 1.807) is 0 Å². The molecule has 118 valence electrons. The number of aliphatic hydroxyl groups excluding tert-OH is 1. The Morgan fingerprint density at radius 2 is 1.90 bits per heavy atom. The van der Waals surface area contributed by atoms with Crippen LogP contribution in [0, 0.1) is 0 Å². The summed E-state index contributed by atoms with van der Waals surface area (Å²) in [7, 11) is 0. The molecule has 1 fully saturated rings. The lowest BCUT2D eigenvalue weighted by Crippen LogP contribution is -2.55. The van der Waals surface area contributed by atoms with Crippen LogP contribution in [0.2, 0.25) is 0 Å². The van der Waals surface area contributed by atoms with Gasteiger partial charge in [0.25, 0.3) is 0 Å². The Labute approximate surface area is 123 Å². The number of aliphatic hydroxyl groups is 1. The van der Waals surface area contributed by atoms with E-state index in [4.69, 9.17) is 0 Å². The molecule has 0 spiro atoms. The Kier molecular flexibility index (Phi) is 6.80. The molecule has 1 rings (SSSR count). The smallest absolute Gasteiger partial charge is 0.318 e. The first kappa shape index (κ1) is 17.3. The first-order chi connectivity index (χ1) is 9.36. The fraction of sp³-hybridized carbons (Fsp3) is 0.938. The number of carbonyl (C=O) groups is 1. The highest BCUT2D eigenvalue weighted by molar-refractivity contribution is 5.75. The summed E-state index contributed by atoms with van der Waals surface area (Å²) < 4.78 is 0. The van der Waals surface area contributed by atoms with Gasteiger partial charge in [-0.3, -0.25) is 0 Å². The third kappa shape index (κ3) is 5.31. The van der Waals surface area contributed by atoms with Crippen LogP contribution in [0.3, 0.4) is 0 Å². The maximum absolute atomic E-state index is 12.5. The summed E-state index contributed by atoms with van der Waals surface area (Å²) in [5.74, 6) is 0. The van der Waals surface area contributed by atoms with Crippen molar-refractivity contribution in [2.75, 3.05) is 6.54 Å². The molecule has 1 aliphatic rings. The molecule has 0 aromatic heterocycles. The maximum Gasteiger partial charge on any atom is 0.318 e. The van der Waals surface area contributed by atoms with Crippen LogP contribution in [0.4, 0.5) is 4.79 Å². The minimum atomic E-state index is -0.384. The lowest BCUT2D eigenvalue weighted by atomic mass is 9.92. The zero-order valence-corrected chi connectivity index (χ0v) is 13.6. The van der Waals surface area contributed by atoms with Gasteiger partial charge in [0.2, 0.25) is 0 Å². The normalized spacial score (nSPS) is 23.4. The number of nitrogens with one attached hydrogen (secondary N) is 1. The van der Waals surface area contributed by atoms with E-state index < -0.39 is 0 Å². The van der Waals surface area contributed by atoms with E-state index in [2.05, 4.69) is 33.0 Å². The molecule has 4 heteroatoms. The highest BCUT2D eigenvalue weighted by Gasteiger charge is 2.30. The second-order valence-electron chi connectivity index (χ2n) is 6.94. The van der Waals surface area contributed by atoms with E-state index in [1.807, 2.05) is 4.90 Å². The van der Waals surface area contributed by atoms with Crippen LogP contribution in [0.1, 0.15) is 72.6 Å². The first-order valence-corrected chi connectivity index (χ1v) is 8.12. The van der Waals surface area contributed by atoms with Crippen LogP contribution in [-0.4, -0.2) is 40.3 Å². The second kappa shape index (κ2) is 7.87. The number of hydrogen-bond acceptors (Lipinski definition) is 2. The van der Waals surface area contributed by atoms with E-state index in [-0.39, 0.29) is 23.7 Å². The Bertz CT molecular complexity index is 299. The van der Waals surface area contributed by atoms with Crippen molar-refractivity contribution in [1.82, 2.24) is 10.2 Å². The Morgan fingerprint density at radius 1 is 1.25 bits per heavy atom. The zero-order valence-electron chi connectivity index (χ0n) is 13.6. The van der Waals surface area contributed by atoms with Gasteiger partial charge < -0.3 is 15.3 Å². The summed E-state index contributed by atoms with van der Waals surface area (Å²) in [6.45, 7) is 9.15. The summed E-state index contributed by atoms with van der Waals surface area (Å²) >= 11 is 0. The summed E-state index contributed by atoms with van der Waals surface area (Å²) in [4.78, 5) is 14.4. The average molecular weight is 284 g/mol. The molecule has 2 N–H and O–H groups in total. The Balaban J connectivity index is 2.58. The van der Waals surface area contributed by atoms with Gasteiger partial charge in [-0.25, -0.2) is 4.79 Å². The van der Waals surface area contributed by atoms with Crippen molar-refractivity contribution in [2.45, 2.75) is 90.3 Å². The summed E-state index contributed by atoms with van der Waals surface area (Å²) in [6, 6.07) is -0.105. The highest BCUT2D eigenvalue weighted by Crippen LogP contribution is 2.20. The largest absolute Gasteiger partial charge is 0.391 e. The van der Waals surface area contributed by atoms with Gasteiger partial charge in [-0.2, -0.15) is 0 Å². The number of hydrogen-bond donors (Lipinski definition) is 2. The molecule has 0 aliphatic heterocycles. The number of urea groups is 1. The fourth-order valence-electron chi connectivity index (χ4n) is 2.78. The van der Waals surface area contributed by atoms with Crippen LogP contribution in [-0.2, 0) is 0 Å². The van der Waals surface area contributed by atoms with Gasteiger partial charge in [0.1, 0.15) is 0 Å². The van der Waals surface area contributed by atoms with Crippen LogP contribution in [0.15, 0.2) is 0 Å². The average Bonchev–Trinajstić information content (AvgIpc) is 2.36. The molecule has 1 aliphatic carbocycles. The number of carbonyl (C=O) groups excluding carboxylic acids is 1. The fourth-order valence-corrected chi connectivity index (χ4v) is 2.78. The number of nitrogens with zero attached hydrogens (tertiary/aromatic N) is 1. The number of rotatable bonds is 5. The van der Waals surface area contributed by atoms with Crippen LogP contribution >= 0.6 is 0 Å². The molecule has 0 unspecified atom stereocenters. The van der Waals surface area contributed by atoms with Gasteiger partial charge in [-0.1, -0.05) is 32.6 Å². The van der Waals surface area contributed by atoms with Crippen molar-refractivity contribution < 1.29 is 9.90 Å². The molecule has 2 atom stereocenters. The molecule has 1 saturated carbocycles. The van der Waals surface area contributed by atoms with Gasteiger partial charge in [-0.05, 0) is 40.0 Å². The third-order valence-electron chi connectivity index (χ3n) is 4.08. The first-order valence-electron chi connectivity index (χ1n) is 8.12. The van der Waals surface area contributed by atoms with Gasteiger partial charge in [0.05, 0.1) is 12.1 Å². The molecule has 0 heterocycles. The Hall–Kier alpha value is -0.770. The van der Waals surface area contributed by atoms with E-state index in [0.29, 0.717) is 0 Å². The predicted molar refractivity (Wildman–Crippen MR) is 82.8 cm³/mol. The second-order valence-corrected chi connectivity index (χ2v) is 6.94. The third-order valence-corrected chi connectivity index (χ3v) is 4.08. The molecule has 0 aromatic carbocycles. The molecule has 20 heavy (non-hydrogen) atoms. The maximum atomic E-state index is 12.5. The molecule has 2 amide bonds. The van der Waals surface area contributed by atoms with Crippen molar-refractivity contribution in [3.05, 3.63) is 0 Å². The molecule has 0 aromatic rings. The van der Waals surface area contributed by atoms with Gasteiger partial charge in [-0.15, -0.1) is 0 Å². The van der Waals surface area contributed by atoms with Crippen molar-refractivity contribution in [1.29, 1.82) is 0 Å². The van der Waals surface area contributed by atoms with E-state index in [9.17, 15) is 9.90 Å². The predicted octanol–water partition coefficient (Wildman–Crippen LogP) is 3.29. The molecule has 4 nitrogen and oxygen atoms in total. The van der Waals surface area contributed by atoms with Crippen molar-refractivity contribution in [3.63, 3.8) is 0 Å². The van der Waals surface area contributed by atoms with Crippen LogP contribution in [0.5, 0.6) is 0 Å².